The Morgan fingerprint density at radius 3 is 2.62 bits per heavy atom. The van der Waals surface area contributed by atoms with Gasteiger partial charge in [-0.3, -0.25) is 0 Å². The second-order valence-electron chi connectivity index (χ2n) is 7.76. The molecule has 1 aliphatic rings. The van der Waals surface area contributed by atoms with Crippen molar-refractivity contribution in [3.05, 3.63) is 43.0 Å². The fraction of sp³-hybridized carbons (Fsp3) is 0.381. The Balaban J connectivity index is 0.000000216. The number of rotatable bonds is 2. The van der Waals surface area contributed by atoms with Crippen LogP contribution in [0, 0.1) is 0 Å². The van der Waals surface area contributed by atoms with Crippen LogP contribution in [0.4, 0.5) is 11.8 Å². The van der Waals surface area contributed by atoms with Crippen LogP contribution in [0.25, 0.3) is 22.3 Å². The zero-order valence-corrected chi connectivity index (χ0v) is 16.8. The van der Waals surface area contributed by atoms with Crippen LogP contribution < -0.4 is 11.1 Å². The quantitative estimate of drug-likeness (QED) is 0.482. The number of aliphatic hydroxyl groups is 1. The highest BCUT2D eigenvalue weighted by Gasteiger charge is 2.22. The number of hydrogen-bond acceptors (Lipinski definition) is 6. The van der Waals surface area contributed by atoms with E-state index in [1.807, 2.05) is 55.2 Å². The third-order valence-electron chi connectivity index (χ3n) is 5.39. The largest absolute Gasteiger partial charge is 0.390 e. The minimum absolute atomic E-state index is 0.235. The van der Waals surface area contributed by atoms with Crippen molar-refractivity contribution >= 4 is 22.9 Å². The van der Waals surface area contributed by atoms with Crippen LogP contribution in [-0.2, 0) is 0 Å². The Labute approximate surface area is 169 Å². The van der Waals surface area contributed by atoms with E-state index in [4.69, 9.17) is 5.73 Å². The molecule has 0 amide bonds. The number of anilines is 2. The molecule has 0 bridgehead atoms. The molecule has 0 atom stereocenters. The second-order valence-corrected chi connectivity index (χ2v) is 7.76. The third kappa shape index (κ3) is 4.02. The average molecular weight is 393 g/mol. The Kier molecular flexibility index (Phi) is 5.10. The van der Waals surface area contributed by atoms with Crippen LogP contribution in [0.3, 0.4) is 0 Å². The van der Waals surface area contributed by atoms with E-state index in [0.717, 1.165) is 35.1 Å². The SMILES string of the molecule is CC1(O)CCCCC1.CNc1nc(N)nn2ccc(-c3ccc4nccn4c3)c12. The number of fused-ring (bicyclic) bond motifs is 2. The van der Waals surface area contributed by atoms with Gasteiger partial charge in [-0.2, -0.15) is 4.98 Å². The lowest BCUT2D eigenvalue weighted by molar-refractivity contribution is 0.0225. The average Bonchev–Trinajstić information content (AvgIpc) is 3.33. The first-order valence-electron chi connectivity index (χ1n) is 9.95. The third-order valence-corrected chi connectivity index (χ3v) is 5.39. The predicted octanol–water partition coefficient (Wildman–Crippen LogP) is 3.37. The first-order chi connectivity index (χ1) is 14.0. The number of pyridine rings is 1. The Hall–Kier alpha value is -3.13. The second kappa shape index (κ2) is 7.71. The number of nitrogen functional groups attached to an aromatic ring is 1. The van der Waals surface area contributed by atoms with Crippen molar-refractivity contribution in [2.45, 2.75) is 44.6 Å². The Bertz CT molecular complexity index is 1120. The number of nitrogens with one attached hydrogen (secondary N) is 1. The fourth-order valence-corrected chi connectivity index (χ4v) is 3.84. The molecule has 0 aromatic carbocycles. The van der Waals surface area contributed by atoms with E-state index in [-0.39, 0.29) is 11.5 Å². The molecule has 1 aliphatic carbocycles. The highest BCUT2D eigenvalue weighted by molar-refractivity contribution is 5.88. The molecule has 0 radical (unpaired) electrons. The first-order valence-corrected chi connectivity index (χ1v) is 9.95. The molecular weight excluding hydrogens is 366 g/mol. The van der Waals surface area contributed by atoms with Gasteiger partial charge in [0.2, 0.25) is 5.95 Å². The van der Waals surface area contributed by atoms with Gasteiger partial charge >= 0.3 is 0 Å². The molecule has 4 aromatic heterocycles. The molecule has 152 valence electrons. The van der Waals surface area contributed by atoms with Gasteiger partial charge < -0.3 is 20.6 Å². The summed E-state index contributed by atoms with van der Waals surface area (Å²) in [6.07, 6.45) is 13.4. The van der Waals surface area contributed by atoms with Crippen LogP contribution in [-0.4, -0.2) is 41.7 Å². The fourth-order valence-electron chi connectivity index (χ4n) is 3.84. The van der Waals surface area contributed by atoms with Gasteiger partial charge in [-0.25, -0.2) is 9.50 Å². The first kappa shape index (κ1) is 19.2. The van der Waals surface area contributed by atoms with Gasteiger partial charge in [-0.1, -0.05) is 19.3 Å². The van der Waals surface area contributed by atoms with Crippen LogP contribution in [0.2, 0.25) is 0 Å². The molecule has 0 unspecified atom stereocenters. The van der Waals surface area contributed by atoms with E-state index in [2.05, 4.69) is 20.4 Å². The lowest BCUT2D eigenvalue weighted by Gasteiger charge is -2.27. The van der Waals surface area contributed by atoms with Crippen molar-refractivity contribution in [1.82, 2.24) is 24.0 Å². The molecule has 0 aliphatic heterocycles. The molecule has 4 N–H and O–H groups in total. The molecule has 29 heavy (non-hydrogen) atoms. The van der Waals surface area contributed by atoms with Crippen molar-refractivity contribution in [3.63, 3.8) is 0 Å². The minimum atomic E-state index is -0.321. The number of nitrogens with zero attached hydrogens (tertiary/aromatic N) is 5. The summed E-state index contributed by atoms with van der Waals surface area (Å²) in [4.78, 5) is 8.50. The number of hydrogen-bond donors (Lipinski definition) is 3. The number of nitrogens with two attached hydrogens (primary N) is 1. The van der Waals surface area contributed by atoms with Gasteiger partial charge in [-0.05, 0) is 38.0 Å². The lowest BCUT2D eigenvalue weighted by atomic mass is 9.87. The highest BCUT2D eigenvalue weighted by atomic mass is 16.3. The summed E-state index contributed by atoms with van der Waals surface area (Å²) in [5.74, 6) is 0.937. The van der Waals surface area contributed by atoms with Crippen LogP contribution >= 0.6 is 0 Å². The van der Waals surface area contributed by atoms with Crippen molar-refractivity contribution < 1.29 is 5.11 Å². The topological polar surface area (TPSA) is 106 Å². The minimum Gasteiger partial charge on any atom is -0.390 e. The van der Waals surface area contributed by atoms with Gasteiger partial charge in [0.25, 0.3) is 0 Å². The van der Waals surface area contributed by atoms with Gasteiger partial charge in [0.1, 0.15) is 11.2 Å². The molecule has 8 heteroatoms. The van der Waals surface area contributed by atoms with E-state index < -0.39 is 0 Å². The Morgan fingerprint density at radius 1 is 1.14 bits per heavy atom. The van der Waals surface area contributed by atoms with Crippen LogP contribution in [0.1, 0.15) is 39.0 Å². The van der Waals surface area contributed by atoms with Gasteiger partial charge in [0.05, 0.1) is 5.60 Å². The monoisotopic (exact) mass is 393 g/mol. The summed E-state index contributed by atoms with van der Waals surface area (Å²) < 4.78 is 3.72. The number of imidazole rings is 1. The highest BCUT2D eigenvalue weighted by Crippen LogP contribution is 2.30. The molecule has 4 heterocycles. The molecule has 1 fully saturated rings. The maximum absolute atomic E-state index is 9.37. The van der Waals surface area contributed by atoms with Crippen molar-refractivity contribution in [1.29, 1.82) is 0 Å². The smallest absolute Gasteiger partial charge is 0.240 e. The molecule has 0 saturated heterocycles. The van der Waals surface area contributed by atoms with Crippen molar-refractivity contribution in [2.75, 3.05) is 18.1 Å². The van der Waals surface area contributed by atoms with E-state index in [1.54, 1.807) is 10.7 Å². The van der Waals surface area contributed by atoms with E-state index in [1.165, 1.54) is 19.3 Å². The molecule has 8 nitrogen and oxygen atoms in total. The van der Waals surface area contributed by atoms with Gasteiger partial charge in [0.15, 0.2) is 5.82 Å². The summed E-state index contributed by atoms with van der Waals surface area (Å²) in [7, 11) is 1.82. The van der Waals surface area contributed by atoms with Gasteiger partial charge in [-0.15, -0.1) is 5.10 Å². The summed E-state index contributed by atoms with van der Waals surface area (Å²) in [6.45, 7) is 1.94. The van der Waals surface area contributed by atoms with E-state index in [0.29, 0.717) is 5.82 Å². The maximum Gasteiger partial charge on any atom is 0.240 e. The normalized spacial score (nSPS) is 15.8. The maximum atomic E-state index is 9.37. The summed E-state index contributed by atoms with van der Waals surface area (Å²) in [6, 6.07) is 6.02. The molecule has 4 aromatic rings. The molecule has 5 rings (SSSR count). The van der Waals surface area contributed by atoms with E-state index >= 15 is 0 Å². The summed E-state index contributed by atoms with van der Waals surface area (Å²) in [5, 5.41) is 16.6. The van der Waals surface area contributed by atoms with Crippen LogP contribution in [0.15, 0.2) is 43.0 Å². The predicted molar refractivity (Wildman–Crippen MR) is 115 cm³/mol. The standard InChI is InChI=1S/C14H13N7.C7H14O/c1-16-13-12-10(4-6-21(12)19-14(15)18-13)9-2-3-11-17-5-7-20(11)8-9;1-7(8)5-3-2-4-6-7/h2-8H,1H3,(H3,15,16,18,19);8H,2-6H2,1H3. The van der Waals surface area contributed by atoms with Crippen LogP contribution in [0.5, 0.6) is 0 Å². The zero-order valence-electron chi connectivity index (χ0n) is 16.8. The molecule has 1 saturated carbocycles. The lowest BCUT2D eigenvalue weighted by Crippen LogP contribution is -2.26. The summed E-state index contributed by atoms with van der Waals surface area (Å²) in [5.41, 5.74) is 9.30. The Morgan fingerprint density at radius 2 is 1.93 bits per heavy atom. The van der Waals surface area contributed by atoms with Crippen molar-refractivity contribution in [2.24, 2.45) is 0 Å². The summed E-state index contributed by atoms with van der Waals surface area (Å²) >= 11 is 0. The van der Waals surface area contributed by atoms with E-state index in [9.17, 15) is 5.11 Å². The molecular formula is C21H27N7O. The zero-order chi connectivity index (χ0) is 20.4. The van der Waals surface area contributed by atoms with Crippen molar-refractivity contribution in [3.8, 4) is 11.1 Å². The van der Waals surface area contributed by atoms with Gasteiger partial charge in [0, 0.05) is 43.0 Å². The number of aromatic nitrogens is 5. The molecule has 0 spiro atoms.